The fourth-order valence-corrected chi connectivity index (χ4v) is 4.67. The fourth-order valence-electron chi connectivity index (χ4n) is 3.15. The first-order valence-electron chi connectivity index (χ1n) is 8.71. The third-order valence-corrected chi connectivity index (χ3v) is 6.41. The van der Waals surface area contributed by atoms with Gasteiger partial charge in [0.2, 0.25) is 15.6 Å². The molecule has 0 saturated heterocycles. The zero-order valence-electron chi connectivity index (χ0n) is 15.4. The number of halogens is 1. The molecule has 0 aromatic heterocycles. The number of benzene rings is 3. The molecular formula is C22H16FNO4S. The number of rotatable bonds is 4. The van der Waals surface area contributed by atoms with E-state index in [1.807, 2.05) is 6.07 Å². The van der Waals surface area contributed by atoms with Gasteiger partial charge in [-0.15, -0.1) is 0 Å². The normalized spacial score (nSPS) is 14.7. The molecule has 3 aromatic rings. The molecule has 0 fully saturated rings. The van der Waals surface area contributed by atoms with Gasteiger partial charge in [-0.3, -0.25) is 4.79 Å². The number of fused-ring (bicyclic) bond motifs is 1. The molecule has 0 atom stereocenters. The van der Waals surface area contributed by atoms with Crippen LogP contribution in [0.1, 0.15) is 10.4 Å². The van der Waals surface area contributed by atoms with E-state index in [9.17, 15) is 17.6 Å². The summed E-state index contributed by atoms with van der Waals surface area (Å²) >= 11 is 0. The molecule has 0 unspecified atom stereocenters. The minimum Gasteiger partial charge on any atom is -0.497 e. The van der Waals surface area contributed by atoms with Gasteiger partial charge in [0.05, 0.1) is 17.7 Å². The van der Waals surface area contributed by atoms with Crippen LogP contribution in [0.5, 0.6) is 5.75 Å². The second-order valence-corrected chi connectivity index (χ2v) is 8.26. The Labute approximate surface area is 167 Å². The van der Waals surface area contributed by atoms with Crippen LogP contribution >= 0.6 is 0 Å². The summed E-state index contributed by atoms with van der Waals surface area (Å²) in [5, 5.41) is 0. The second-order valence-electron chi connectivity index (χ2n) is 6.37. The summed E-state index contributed by atoms with van der Waals surface area (Å²) in [5.74, 6) is -0.671. The Morgan fingerprint density at radius 1 is 0.966 bits per heavy atom. The van der Waals surface area contributed by atoms with Crippen molar-refractivity contribution in [2.24, 2.45) is 0 Å². The monoisotopic (exact) mass is 409 g/mol. The standard InChI is InChI=1S/C22H16FNO4S/c1-28-18-10-7-15(8-11-18)22(25)21-14-24(17-5-3-2-4-6-17)19-13-16(23)9-12-20(19)29(21,26)27/h2-14H,1H3. The van der Waals surface area contributed by atoms with Crippen LogP contribution in [0.4, 0.5) is 15.8 Å². The molecule has 0 aliphatic carbocycles. The Balaban J connectivity index is 1.89. The SMILES string of the molecule is COc1ccc(C(=O)C2=CN(c3ccccc3)c3cc(F)ccc3S2(=O)=O)cc1. The fraction of sp³-hybridized carbons (Fsp3) is 0.0455. The Hall–Kier alpha value is -3.45. The molecule has 0 bridgehead atoms. The van der Waals surface area contributed by atoms with Crippen LogP contribution in [0, 0.1) is 5.82 Å². The van der Waals surface area contributed by atoms with E-state index in [0.29, 0.717) is 11.4 Å². The summed E-state index contributed by atoms with van der Waals surface area (Å²) in [6.07, 6.45) is 1.25. The largest absolute Gasteiger partial charge is 0.497 e. The maximum Gasteiger partial charge on any atom is 0.214 e. The van der Waals surface area contributed by atoms with E-state index < -0.39 is 21.4 Å². The maximum atomic E-state index is 13.9. The van der Waals surface area contributed by atoms with Crippen molar-refractivity contribution < 1.29 is 22.3 Å². The molecule has 29 heavy (non-hydrogen) atoms. The van der Waals surface area contributed by atoms with Gasteiger partial charge in [-0.05, 0) is 54.6 Å². The average molecular weight is 409 g/mol. The summed E-state index contributed by atoms with van der Waals surface area (Å²) in [5.41, 5.74) is 0.968. The van der Waals surface area contributed by atoms with Crippen LogP contribution in [0.2, 0.25) is 0 Å². The van der Waals surface area contributed by atoms with Gasteiger partial charge in [0.15, 0.2) is 0 Å². The zero-order chi connectivity index (χ0) is 20.6. The number of sulfone groups is 1. The number of carbonyl (C=O) groups is 1. The number of allylic oxidation sites excluding steroid dienone is 1. The number of methoxy groups -OCH3 is 1. The van der Waals surface area contributed by atoms with Crippen molar-refractivity contribution in [3.63, 3.8) is 0 Å². The van der Waals surface area contributed by atoms with Gasteiger partial charge in [-0.2, -0.15) is 0 Å². The van der Waals surface area contributed by atoms with Crippen LogP contribution in [0.25, 0.3) is 0 Å². The molecule has 0 amide bonds. The molecule has 4 rings (SSSR count). The number of Topliss-reactive ketones (excluding diaryl/α,β-unsaturated/α-hetero) is 1. The van der Waals surface area contributed by atoms with E-state index in [1.54, 1.807) is 36.4 Å². The number of ether oxygens (including phenoxy) is 1. The highest BCUT2D eigenvalue weighted by atomic mass is 32.2. The summed E-state index contributed by atoms with van der Waals surface area (Å²) in [6.45, 7) is 0. The third-order valence-electron chi connectivity index (χ3n) is 4.62. The highest BCUT2D eigenvalue weighted by molar-refractivity contribution is 7.96. The minimum absolute atomic E-state index is 0.123. The molecule has 1 heterocycles. The average Bonchev–Trinajstić information content (AvgIpc) is 2.74. The number of hydrogen-bond acceptors (Lipinski definition) is 5. The predicted octanol–water partition coefficient (Wildman–Crippen LogP) is 4.48. The number of nitrogens with zero attached hydrogens (tertiary/aromatic N) is 1. The van der Waals surface area contributed by atoms with Gasteiger partial charge in [0.1, 0.15) is 16.5 Å². The second kappa shape index (κ2) is 7.18. The molecule has 3 aromatic carbocycles. The highest BCUT2D eigenvalue weighted by Gasteiger charge is 2.36. The number of anilines is 2. The third kappa shape index (κ3) is 3.30. The molecule has 0 saturated carbocycles. The molecule has 146 valence electrons. The predicted molar refractivity (Wildman–Crippen MR) is 108 cm³/mol. The van der Waals surface area contributed by atoms with Gasteiger partial charge in [0, 0.05) is 17.5 Å². The molecule has 5 nitrogen and oxygen atoms in total. The first-order valence-corrected chi connectivity index (χ1v) is 10.2. The lowest BCUT2D eigenvalue weighted by atomic mass is 10.1. The van der Waals surface area contributed by atoms with Crippen molar-refractivity contribution >= 4 is 27.0 Å². The topological polar surface area (TPSA) is 63.7 Å². The summed E-state index contributed by atoms with van der Waals surface area (Å²) in [6, 6.07) is 18.4. The van der Waals surface area contributed by atoms with Crippen LogP contribution in [0.15, 0.2) is 88.8 Å². The summed E-state index contributed by atoms with van der Waals surface area (Å²) in [7, 11) is -2.63. The molecule has 7 heteroatoms. The van der Waals surface area contributed by atoms with Crippen LogP contribution in [0.3, 0.4) is 0 Å². The number of para-hydroxylation sites is 1. The first kappa shape index (κ1) is 18.9. The van der Waals surface area contributed by atoms with Crippen molar-refractivity contribution in [1.82, 2.24) is 0 Å². The summed E-state index contributed by atoms with van der Waals surface area (Å²) in [4.78, 5) is 14.1. The van der Waals surface area contributed by atoms with Gasteiger partial charge in [-0.25, -0.2) is 12.8 Å². The minimum atomic E-state index is -4.13. The lowest BCUT2D eigenvalue weighted by Crippen LogP contribution is -2.26. The number of carbonyl (C=O) groups excluding carboxylic acids is 1. The summed E-state index contributed by atoms with van der Waals surface area (Å²) < 4.78 is 45.3. The molecule has 1 aliphatic rings. The molecule has 0 radical (unpaired) electrons. The van der Waals surface area contributed by atoms with Crippen LogP contribution in [-0.2, 0) is 9.84 Å². The Morgan fingerprint density at radius 3 is 2.31 bits per heavy atom. The van der Waals surface area contributed by atoms with E-state index in [1.165, 1.54) is 36.4 Å². The van der Waals surface area contributed by atoms with Crippen molar-refractivity contribution in [2.45, 2.75) is 4.90 Å². The Kier molecular flexibility index (Phi) is 4.68. The van der Waals surface area contributed by atoms with Crippen molar-refractivity contribution in [2.75, 3.05) is 12.0 Å². The van der Waals surface area contributed by atoms with Crippen LogP contribution in [-0.4, -0.2) is 21.3 Å². The van der Waals surface area contributed by atoms with E-state index in [-0.39, 0.29) is 21.1 Å². The highest BCUT2D eigenvalue weighted by Crippen LogP contribution is 2.40. The van der Waals surface area contributed by atoms with Crippen LogP contribution < -0.4 is 9.64 Å². The Bertz CT molecular complexity index is 1220. The van der Waals surface area contributed by atoms with Gasteiger partial charge in [-0.1, -0.05) is 18.2 Å². The Morgan fingerprint density at radius 2 is 1.66 bits per heavy atom. The maximum absolute atomic E-state index is 13.9. The van der Waals surface area contributed by atoms with Crippen molar-refractivity contribution in [3.05, 3.63) is 95.3 Å². The van der Waals surface area contributed by atoms with Gasteiger partial charge >= 0.3 is 0 Å². The number of hydrogen-bond donors (Lipinski definition) is 0. The quantitative estimate of drug-likeness (QED) is 0.470. The van der Waals surface area contributed by atoms with Crippen molar-refractivity contribution in [3.8, 4) is 5.75 Å². The lowest BCUT2D eigenvalue weighted by molar-refractivity contribution is 0.104. The first-order chi connectivity index (χ1) is 13.9. The number of ketones is 1. The van der Waals surface area contributed by atoms with Crippen molar-refractivity contribution in [1.29, 1.82) is 0 Å². The molecular weight excluding hydrogens is 393 g/mol. The van der Waals surface area contributed by atoms with Gasteiger partial charge < -0.3 is 9.64 Å². The van der Waals surface area contributed by atoms with E-state index >= 15 is 0 Å². The lowest BCUT2D eigenvalue weighted by Gasteiger charge is -2.28. The molecule has 0 N–H and O–H groups in total. The van der Waals surface area contributed by atoms with Gasteiger partial charge in [0.25, 0.3) is 0 Å². The van der Waals surface area contributed by atoms with E-state index in [0.717, 1.165) is 12.1 Å². The zero-order valence-corrected chi connectivity index (χ0v) is 16.2. The molecule has 1 aliphatic heterocycles. The van der Waals surface area contributed by atoms with E-state index in [4.69, 9.17) is 4.74 Å². The smallest absolute Gasteiger partial charge is 0.214 e. The molecule has 0 spiro atoms. The van der Waals surface area contributed by atoms with E-state index in [2.05, 4.69) is 0 Å².